The van der Waals surface area contributed by atoms with E-state index in [9.17, 15) is 5.11 Å². The number of hydrogen-bond donors (Lipinski definition) is 1. The lowest BCUT2D eigenvalue weighted by atomic mass is 9.54. The molecule has 3 fully saturated rings. The third-order valence-corrected chi connectivity index (χ3v) is 6.58. The lowest BCUT2D eigenvalue weighted by Gasteiger charge is -2.52. The molecule has 0 heterocycles. The van der Waals surface area contributed by atoms with E-state index in [4.69, 9.17) is 0 Å². The quantitative estimate of drug-likeness (QED) is 0.612. The molecule has 21 heavy (non-hydrogen) atoms. The maximum atomic E-state index is 9.95. The molecule has 118 valence electrons. The van der Waals surface area contributed by atoms with Gasteiger partial charge in [-0.1, -0.05) is 12.2 Å². The average Bonchev–Trinajstić information content (AvgIpc) is 2.48. The van der Waals surface area contributed by atoms with Crippen LogP contribution >= 0.6 is 0 Å². The Balaban J connectivity index is 1.70. The maximum absolute atomic E-state index is 9.95. The molecule has 2 nitrogen and oxygen atoms in total. The fraction of sp³-hybridized carbons (Fsp3) is 0.842. The minimum atomic E-state index is -0.0176. The molecule has 3 aliphatic carbocycles. The molecule has 2 heteroatoms. The van der Waals surface area contributed by atoms with Crippen molar-refractivity contribution in [2.75, 3.05) is 6.54 Å². The standard InChI is InChI=1S/C19H31NO/c1-3-20-11-10-16-13(2)4-7-19-17-9-6-15(21)12-14(17)5-8-18(16)19/h3,14-19,21H,2,4-12H2,1H3/t14-,15?,16-,17+,18+,19-/m1/s1. The van der Waals surface area contributed by atoms with Gasteiger partial charge in [0.05, 0.1) is 6.10 Å². The van der Waals surface area contributed by atoms with E-state index in [-0.39, 0.29) is 6.10 Å². The van der Waals surface area contributed by atoms with E-state index >= 15 is 0 Å². The van der Waals surface area contributed by atoms with Crippen molar-refractivity contribution in [3.63, 3.8) is 0 Å². The summed E-state index contributed by atoms with van der Waals surface area (Å²) < 4.78 is 0. The Hall–Kier alpha value is -0.630. The van der Waals surface area contributed by atoms with E-state index in [1.54, 1.807) is 0 Å². The molecule has 0 aromatic carbocycles. The van der Waals surface area contributed by atoms with Crippen molar-refractivity contribution in [1.82, 2.24) is 0 Å². The predicted molar refractivity (Wildman–Crippen MR) is 88.6 cm³/mol. The van der Waals surface area contributed by atoms with Crippen LogP contribution in [0.5, 0.6) is 0 Å². The van der Waals surface area contributed by atoms with Crippen molar-refractivity contribution < 1.29 is 5.11 Å². The van der Waals surface area contributed by atoms with E-state index in [1.807, 2.05) is 13.1 Å². The second-order valence-corrected chi connectivity index (χ2v) is 7.55. The number of aliphatic hydroxyl groups excluding tert-OH is 1. The second kappa shape index (κ2) is 6.64. The molecule has 0 saturated heterocycles. The van der Waals surface area contributed by atoms with E-state index in [1.165, 1.54) is 44.1 Å². The Kier molecular flexibility index (Phi) is 4.83. The van der Waals surface area contributed by atoms with Gasteiger partial charge in [-0.15, -0.1) is 0 Å². The summed E-state index contributed by atoms with van der Waals surface area (Å²) >= 11 is 0. The van der Waals surface area contributed by atoms with Crippen molar-refractivity contribution in [3.8, 4) is 0 Å². The fourth-order valence-corrected chi connectivity index (χ4v) is 5.63. The lowest BCUT2D eigenvalue weighted by Crippen LogP contribution is -2.44. The minimum absolute atomic E-state index is 0.0176. The molecule has 0 aliphatic heterocycles. The van der Waals surface area contributed by atoms with Crippen LogP contribution in [0.25, 0.3) is 0 Å². The Morgan fingerprint density at radius 2 is 1.95 bits per heavy atom. The molecule has 1 N–H and O–H groups in total. The van der Waals surface area contributed by atoms with Crippen LogP contribution in [0.3, 0.4) is 0 Å². The molecule has 6 atom stereocenters. The van der Waals surface area contributed by atoms with Gasteiger partial charge in [-0.25, -0.2) is 0 Å². The van der Waals surface area contributed by atoms with Crippen LogP contribution in [0.4, 0.5) is 0 Å². The number of nitrogens with zero attached hydrogens (tertiary/aromatic N) is 1. The number of hydrogen-bond acceptors (Lipinski definition) is 2. The van der Waals surface area contributed by atoms with Crippen molar-refractivity contribution in [2.45, 2.75) is 64.4 Å². The molecule has 3 rings (SSSR count). The largest absolute Gasteiger partial charge is 0.393 e. The van der Waals surface area contributed by atoms with Gasteiger partial charge >= 0.3 is 0 Å². The lowest BCUT2D eigenvalue weighted by molar-refractivity contribution is -0.0255. The summed E-state index contributed by atoms with van der Waals surface area (Å²) in [5.41, 5.74) is 1.50. The molecular formula is C19H31NO. The van der Waals surface area contributed by atoms with Crippen LogP contribution in [-0.4, -0.2) is 24.0 Å². The van der Waals surface area contributed by atoms with Gasteiger partial charge in [0.2, 0.25) is 0 Å². The van der Waals surface area contributed by atoms with E-state index in [0.717, 1.165) is 43.1 Å². The molecular weight excluding hydrogens is 258 g/mol. The summed E-state index contributed by atoms with van der Waals surface area (Å²) in [6.07, 6.45) is 11.8. The van der Waals surface area contributed by atoms with E-state index < -0.39 is 0 Å². The fourth-order valence-electron chi connectivity index (χ4n) is 5.63. The zero-order chi connectivity index (χ0) is 14.8. The number of rotatable bonds is 3. The molecule has 0 radical (unpaired) electrons. The van der Waals surface area contributed by atoms with Gasteiger partial charge in [0.1, 0.15) is 0 Å². The highest BCUT2D eigenvalue weighted by molar-refractivity contribution is 5.53. The topological polar surface area (TPSA) is 32.6 Å². The van der Waals surface area contributed by atoms with Gasteiger partial charge in [-0.05, 0) is 94.1 Å². The molecule has 0 aromatic heterocycles. The smallest absolute Gasteiger partial charge is 0.0543 e. The average molecular weight is 289 g/mol. The summed E-state index contributed by atoms with van der Waals surface area (Å²) in [4.78, 5) is 4.43. The first-order valence-electron chi connectivity index (χ1n) is 9.01. The zero-order valence-corrected chi connectivity index (χ0v) is 13.5. The molecule has 3 aliphatic rings. The predicted octanol–water partition coefficient (Wildman–Crippen LogP) is 4.24. The van der Waals surface area contributed by atoms with Crippen molar-refractivity contribution >= 4 is 6.21 Å². The summed E-state index contributed by atoms with van der Waals surface area (Å²) in [6.45, 7) is 7.37. The second-order valence-electron chi connectivity index (χ2n) is 7.55. The normalized spacial score (nSPS) is 43.6. The van der Waals surface area contributed by atoms with Crippen LogP contribution in [0.1, 0.15) is 58.3 Å². The first kappa shape index (κ1) is 15.3. The molecule has 0 bridgehead atoms. The molecule has 3 saturated carbocycles. The first-order chi connectivity index (χ1) is 10.2. The number of allylic oxidation sites excluding steroid dienone is 1. The Bertz CT molecular complexity index is 402. The van der Waals surface area contributed by atoms with Crippen LogP contribution in [-0.2, 0) is 0 Å². The summed E-state index contributed by atoms with van der Waals surface area (Å²) in [5.74, 6) is 4.15. The number of fused-ring (bicyclic) bond motifs is 3. The van der Waals surface area contributed by atoms with Gasteiger partial charge in [-0.3, -0.25) is 4.99 Å². The highest BCUT2D eigenvalue weighted by atomic mass is 16.3. The summed E-state index contributed by atoms with van der Waals surface area (Å²) in [5, 5.41) is 9.95. The maximum Gasteiger partial charge on any atom is 0.0543 e. The van der Waals surface area contributed by atoms with Crippen LogP contribution in [0, 0.1) is 29.6 Å². The van der Waals surface area contributed by atoms with Crippen molar-refractivity contribution in [1.29, 1.82) is 0 Å². The van der Waals surface area contributed by atoms with E-state index in [0.29, 0.717) is 5.92 Å². The van der Waals surface area contributed by atoms with Crippen LogP contribution in [0.15, 0.2) is 17.1 Å². The van der Waals surface area contributed by atoms with Gasteiger partial charge in [0, 0.05) is 6.54 Å². The third-order valence-electron chi connectivity index (χ3n) is 6.58. The van der Waals surface area contributed by atoms with Crippen LogP contribution in [0.2, 0.25) is 0 Å². The number of aliphatic imine (C=N–C) groups is 1. The van der Waals surface area contributed by atoms with Gasteiger partial charge in [0.15, 0.2) is 0 Å². The highest BCUT2D eigenvalue weighted by Crippen LogP contribution is 2.54. The van der Waals surface area contributed by atoms with Gasteiger partial charge < -0.3 is 5.11 Å². The Labute approximate surface area is 129 Å². The van der Waals surface area contributed by atoms with Crippen molar-refractivity contribution in [2.24, 2.45) is 34.6 Å². The molecule has 0 aromatic rings. The third kappa shape index (κ3) is 3.11. The van der Waals surface area contributed by atoms with Crippen molar-refractivity contribution in [3.05, 3.63) is 12.2 Å². The van der Waals surface area contributed by atoms with Gasteiger partial charge in [-0.2, -0.15) is 0 Å². The summed E-state index contributed by atoms with van der Waals surface area (Å²) in [7, 11) is 0. The summed E-state index contributed by atoms with van der Waals surface area (Å²) in [6, 6.07) is 0. The van der Waals surface area contributed by atoms with Crippen LogP contribution < -0.4 is 0 Å². The van der Waals surface area contributed by atoms with E-state index in [2.05, 4.69) is 11.6 Å². The highest BCUT2D eigenvalue weighted by Gasteiger charge is 2.46. The minimum Gasteiger partial charge on any atom is -0.393 e. The number of aliphatic hydroxyl groups is 1. The molecule has 1 unspecified atom stereocenters. The molecule has 0 amide bonds. The Morgan fingerprint density at radius 3 is 2.76 bits per heavy atom. The first-order valence-corrected chi connectivity index (χ1v) is 9.01. The monoisotopic (exact) mass is 289 g/mol. The Morgan fingerprint density at radius 1 is 1.14 bits per heavy atom. The SMILES string of the molecule is C=C1CC[C@H]2[C@@H](CC[C@@H]3CC(O)CC[C@@H]32)[C@@H]1CCN=CC. The van der Waals surface area contributed by atoms with Gasteiger partial charge in [0.25, 0.3) is 0 Å². The zero-order valence-electron chi connectivity index (χ0n) is 13.5. The molecule has 0 spiro atoms.